The number of carbonyl (C=O) groups is 2. The predicted molar refractivity (Wildman–Crippen MR) is 84.7 cm³/mol. The molecule has 1 saturated heterocycles. The van der Waals surface area contributed by atoms with Crippen LogP contribution in [-0.4, -0.2) is 37.6 Å². The van der Waals surface area contributed by atoms with Crippen molar-refractivity contribution in [3.63, 3.8) is 0 Å². The number of anilines is 1. The molecule has 0 aliphatic carbocycles. The molecule has 2 rings (SSSR count). The molecule has 1 aromatic rings. The van der Waals surface area contributed by atoms with E-state index in [1.165, 1.54) is 0 Å². The van der Waals surface area contributed by atoms with Crippen LogP contribution in [0.15, 0.2) is 24.3 Å². The maximum Gasteiger partial charge on any atom is 0.253 e. The highest BCUT2D eigenvalue weighted by Gasteiger charge is 2.23. The smallest absolute Gasteiger partial charge is 0.253 e. The van der Waals surface area contributed by atoms with Gasteiger partial charge in [0.25, 0.3) is 11.8 Å². The quantitative estimate of drug-likeness (QED) is 0.661. The van der Waals surface area contributed by atoms with Gasteiger partial charge < -0.3 is 21.1 Å². The Morgan fingerprint density at radius 1 is 1.32 bits per heavy atom. The lowest BCUT2D eigenvalue weighted by molar-refractivity contribution is -0.124. The number of rotatable bonds is 7. The first-order chi connectivity index (χ1) is 10.7. The minimum atomic E-state index is -0.381. The van der Waals surface area contributed by atoms with Gasteiger partial charge in [0.15, 0.2) is 0 Å². The fourth-order valence-corrected chi connectivity index (χ4v) is 2.32. The van der Waals surface area contributed by atoms with Crippen LogP contribution in [-0.2, 0) is 9.53 Å². The van der Waals surface area contributed by atoms with Crippen LogP contribution < -0.4 is 16.4 Å². The zero-order valence-corrected chi connectivity index (χ0v) is 12.6. The van der Waals surface area contributed by atoms with E-state index in [1.54, 1.807) is 24.3 Å². The Labute approximate surface area is 130 Å². The van der Waals surface area contributed by atoms with Gasteiger partial charge in [-0.1, -0.05) is 6.07 Å². The monoisotopic (exact) mass is 305 g/mol. The van der Waals surface area contributed by atoms with E-state index in [4.69, 9.17) is 10.5 Å². The Morgan fingerprint density at radius 3 is 2.91 bits per heavy atom. The van der Waals surface area contributed by atoms with E-state index in [1.807, 2.05) is 0 Å². The molecule has 1 atom stereocenters. The summed E-state index contributed by atoms with van der Waals surface area (Å²) in [7, 11) is 0. The zero-order valence-electron chi connectivity index (χ0n) is 12.6. The summed E-state index contributed by atoms with van der Waals surface area (Å²) in [6.07, 6.45) is 3.01. The van der Waals surface area contributed by atoms with Crippen LogP contribution in [0, 0.1) is 0 Å². The molecule has 0 bridgehead atoms. The predicted octanol–water partition coefficient (Wildman–Crippen LogP) is 1.27. The fraction of sp³-hybridized carbons (Fsp3) is 0.500. The summed E-state index contributed by atoms with van der Waals surface area (Å²) in [5.41, 5.74) is 6.54. The van der Waals surface area contributed by atoms with Gasteiger partial charge in [-0.2, -0.15) is 0 Å². The Morgan fingerprint density at radius 2 is 2.18 bits per heavy atom. The Balaban J connectivity index is 1.88. The summed E-state index contributed by atoms with van der Waals surface area (Å²) < 4.78 is 5.34. The summed E-state index contributed by atoms with van der Waals surface area (Å²) in [6, 6.07) is 6.91. The molecule has 0 spiro atoms. The first-order valence-corrected chi connectivity index (χ1v) is 7.71. The summed E-state index contributed by atoms with van der Waals surface area (Å²) in [5, 5.41) is 5.63. The Hall–Kier alpha value is -1.92. The van der Waals surface area contributed by atoms with Crippen molar-refractivity contribution in [2.24, 2.45) is 5.73 Å². The van der Waals surface area contributed by atoms with Gasteiger partial charge in [-0.15, -0.1) is 0 Å². The Bertz CT molecular complexity index is 513. The van der Waals surface area contributed by atoms with Crippen molar-refractivity contribution in [2.45, 2.75) is 31.8 Å². The van der Waals surface area contributed by atoms with Gasteiger partial charge in [-0.3, -0.25) is 9.59 Å². The molecular formula is C16H23N3O3. The van der Waals surface area contributed by atoms with Gasteiger partial charge in [0.1, 0.15) is 6.10 Å². The van der Waals surface area contributed by atoms with Gasteiger partial charge in [-0.25, -0.2) is 0 Å². The molecule has 1 unspecified atom stereocenters. The standard InChI is InChI=1S/C16H23N3O3/c17-8-1-2-9-18-15(20)12-5-3-6-13(11-12)19-16(21)14-7-4-10-22-14/h3,5-6,11,14H,1-2,4,7-10,17H2,(H,18,20)(H,19,21). The van der Waals surface area contributed by atoms with Crippen molar-refractivity contribution in [1.82, 2.24) is 5.32 Å². The van der Waals surface area contributed by atoms with Crippen molar-refractivity contribution in [2.75, 3.05) is 25.0 Å². The van der Waals surface area contributed by atoms with E-state index >= 15 is 0 Å². The summed E-state index contributed by atoms with van der Waals surface area (Å²) in [4.78, 5) is 24.0. The van der Waals surface area contributed by atoms with Crippen LogP contribution in [0.5, 0.6) is 0 Å². The number of unbranched alkanes of at least 4 members (excludes halogenated alkanes) is 1. The number of hydrogen-bond acceptors (Lipinski definition) is 4. The van der Waals surface area contributed by atoms with Crippen molar-refractivity contribution in [3.8, 4) is 0 Å². The second-order valence-corrected chi connectivity index (χ2v) is 5.32. The number of nitrogens with one attached hydrogen (secondary N) is 2. The van der Waals surface area contributed by atoms with E-state index in [0.717, 1.165) is 25.7 Å². The average Bonchev–Trinajstić information content (AvgIpc) is 3.06. The number of nitrogens with two attached hydrogens (primary N) is 1. The molecule has 1 heterocycles. The first-order valence-electron chi connectivity index (χ1n) is 7.71. The number of amides is 2. The molecule has 4 N–H and O–H groups in total. The summed E-state index contributed by atoms with van der Waals surface area (Å²) in [6.45, 7) is 1.85. The number of carbonyl (C=O) groups excluding carboxylic acids is 2. The highest BCUT2D eigenvalue weighted by molar-refractivity contribution is 5.98. The van der Waals surface area contributed by atoms with Crippen molar-refractivity contribution in [1.29, 1.82) is 0 Å². The third kappa shape index (κ3) is 4.82. The maximum atomic E-state index is 12.0. The molecule has 1 aliphatic heterocycles. The fourth-order valence-electron chi connectivity index (χ4n) is 2.32. The summed E-state index contributed by atoms with van der Waals surface area (Å²) in [5.74, 6) is -0.303. The molecule has 6 heteroatoms. The third-order valence-corrected chi connectivity index (χ3v) is 3.53. The number of benzene rings is 1. The maximum absolute atomic E-state index is 12.0. The lowest BCUT2D eigenvalue weighted by Crippen LogP contribution is -2.27. The largest absolute Gasteiger partial charge is 0.368 e. The van der Waals surface area contributed by atoms with Gasteiger partial charge in [0, 0.05) is 24.4 Å². The second-order valence-electron chi connectivity index (χ2n) is 5.32. The molecule has 1 aliphatic rings. The molecule has 1 fully saturated rings. The third-order valence-electron chi connectivity index (χ3n) is 3.53. The molecule has 0 saturated carbocycles. The van der Waals surface area contributed by atoms with Crippen LogP contribution in [0.2, 0.25) is 0 Å². The molecule has 22 heavy (non-hydrogen) atoms. The van der Waals surface area contributed by atoms with Crippen LogP contribution in [0.4, 0.5) is 5.69 Å². The average molecular weight is 305 g/mol. The minimum Gasteiger partial charge on any atom is -0.368 e. The van der Waals surface area contributed by atoms with Crippen LogP contribution >= 0.6 is 0 Å². The SMILES string of the molecule is NCCCCNC(=O)c1cccc(NC(=O)C2CCCO2)c1. The molecule has 2 amide bonds. The zero-order chi connectivity index (χ0) is 15.8. The van der Waals surface area contributed by atoms with Crippen LogP contribution in [0.25, 0.3) is 0 Å². The number of hydrogen-bond donors (Lipinski definition) is 3. The van der Waals surface area contributed by atoms with Crippen molar-refractivity contribution >= 4 is 17.5 Å². The minimum absolute atomic E-state index is 0.148. The van der Waals surface area contributed by atoms with Gasteiger partial charge in [0.2, 0.25) is 0 Å². The van der Waals surface area contributed by atoms with Gasteiger partial charge >= 0.3 is 0 Å². The van der Waals surface area contributed by atoms with E-state index in [9.17, 15) is 9.59 Å². The van der Waals surface area contributed by atoms with E-state index in [2.05, 4.69) is 10.6 Å². The first kappa shape index (κ1) is 16.5. The topological polar surface area (TPSA) is 93.5 Å². The molecule has 6 nitrogen and oxygen atoms in total. The Kier molecular flexibility index (Phi) is 6.36. The van der Waals surface area contributed by atoms with E-state index in [-0.39, 0.29) is 17.9 Å². The highest BCUT2D eigenvalue weighted by atomic mass is 16.5. The van der Waals surface area contributed by atoms with Crippen LogP contribution in [0.3, 0.4) is 0 Å². The molecule has 0 radical (unpaired) electrons. The van der Waals surface area contributed by atoms with Gasteiger partial charge in [0.05, 0.1) is 0 Å². The molecule has 1 aromatic carbocycles. The molecule has 0 aromatic heterocycles. The van der Waals surface area contributed by atoms with Gasteiger partial charge in [-0.05, 0) is 50.4 Å². The summed E-state index contributed by atoms with van der Waals surface area (Å²) >= 11 is 0. The normalized spacial score (nSPS) is 17.2. The van der Waals surface area contributed by atoms with Crippen molar-refractivity contribution < 1.29 is 14.3 Å². The molecule has 120 valence electrons. The van der Waals surface area contributed by atoms with E-state index in [0.29, 0.717) is 30.9 Å². The number of ether oxygens (including phenoxy) is 1. The lowest BCUT2D eigenvalue weighted by Gasteiger charge is -2.11. The van der Waals surface area contributed by atoms with E-state index < -0.39 is 0 Å². The second kappa shape index (κ2) is 8.51. The highest BCUT2D eigenvalue weighted by Crippen LogP contribution is 2.16. The van der Waals surface area contributed by atoms with Crippen LogP contribution in [0.1, 0.15) is 36.0 Å². The van der Waals surface area contributed by atoms with Crippen molar-refractivity contribution in [3.05, 3.63) is 29.8 Å². The lowest BCUT2D eigenvalue weighted by atomic mass is 10.1. The molecular weight excluding hydrogens is 282 g/mol.